The van der Waals surface area contributed by atoms with Crippen LogP contribution in [0.15, 0.2) is 11.1 Å². The summed E-state index contributed by atoms with van der Waals surface area (Å²) in [7, 11) is -1.66. The molecular formula is C13H23BrO2Si. The first-order valence-electron chi connectivity index (χ1n) is 5.67. The predicted molar refractivity (Wildman–Crippen MR) is 79.8 cm³/mol. The third kappa shape index (κ3) is 7.77. The quantitative estimate of drug-likeness (QED) is 0.434. The third-order valence-corrected chi connectivity index (χ3v) is 7.58. The van der Waals surface area contributed by atoms with Crippen molar-refractivity contribution in [2.45, 2.75) is 38.9 Å². The molecule has 0 N–H and O–H groups in total. The lowest BCUT2D eigenvalue weighted by atomic mass is 10.2. The molecule has 4 heteroatoms. The molecule has 0 amide bonds. The van der Waals surface area contributed by atoms with Crippen molar-refractivity contribution in [1.82, 2.24) is 0 Å². The molecule has 0 atom stereocenters. The number of hydrogen-bond acceptors (Lipinski definition) is 2. The molecule has 17 heavy (non-hydrogen) atoms. The molecule has 0 spiro atoms. The van der Waals surface area contributed by atoms with E-state index in [4.69, 9.17) is 9.16 Å². The topological polar surface area (TPSA) is 18.5 Å². The van der Waals surface area contributed by atoms with Gasteiger partial charge >= 0.3 is 0 Å². The standard InChI is InChI=1S/C13H23BrO2Si/c1-12(14)11-15-9-7-8-10-16-17(5,6)13(2,3)4/h1,9-11H2,2-6H3. The van der Waals surface area contributed by atoms with E-state index in [1.54, 1.807) is 0 Å². The summed E-state index contributed by atoms with van der Waals surface area (Å²) in [5.74, 6) is 5.91. The van der Waals surface area contributed by atoms with E-state index >= 15 is 0 Å². The van der Waals surface area contributed by atoms with Crippen molar-refractivity contribution in [2.24, 2.45) is 0 Å². The van der Waals surface area contributed by atoms with Gasteiger partial charge in [0.25, 0.3) is 0 Å². The van der Waals surface area contributed by atoms with Crippen LogP contribution in [-0.2, 0) is 9.16 Å². The van der Waals surface area contributed by atoms with Crippen molar-refractivity contribution in [3.63, 3.8) is 0 Å². The van der Waals surface area contributed by atoms with Crippen LogP contribution in [0.2, 0.25) is 18.1 Å². The van der Waals surface area contributed by atoms with E-state index in [1.165, 1.54) is 0 Å². The third-order valence-electron chi connectivity index (χ3n) is 2.87. The maximum absolute atomic E-state index is 5.90. The zero-order valence-corrected chi connectivity index (χ0v) is 14.1. The summed E-state index contributed by atoms with van der Waals surface area (Å²) in [4.78, 5) is 0. The van der Waals surface area contributed by atoms with Crippen molar-refractivity contribution in [3.05, 3.63) is 11.1 Å². The van der Waals surface area contributed by atoms with Crippen molar-refractivity contribution < 1.29 is 9.16 Å². The molecule has 0 aromatic rings. The van der Waals surface area contributed by atoms with Crippen LogP contribution in [0.25, 0.3) is 0 Å². The van der Waals surface area contributed by atoms with E-state index in [2.05, 4.69) is 68.2 Å². The normalized spacial score (nSPS) is 11.9. The van der Waals surface area contributed by atoms with Crippen LogP contribution in [0, 0.1) is 11.8 Å². The van der Waals surface area contributed by atoms with Gasteiger partial charge in [-0.3, -0.25) is 0 Å². The molecule has 0 saturated heterocycles. The Hall–Kier alpha value is -0.0831. The number of ether oxygens (including phenoxy) is 1. The van der Waals surface area contributed by atoms with Gasteiger partial charge in [0, 0.05) is 4.48 Å². The fourth-order valence-electron chi connectivity index (χ4n) is 0.748. The van der Waals surface area contributed by atoms with Crippen LogP contribution < -0.4 is 0 Å². The summed E-state index contributed by atoms with van der Waals surface area (Å²) in [6, 6.07) is 0. The monoisotopic (exact) mass is 318 g/mol. The largest absolute Gasteiger partial charge is 0.406 e. The fraction of sp³-hybridized carbons (Fsp3) is 0.692. The Kier molecular flexibility index (Phi) is 7.34. The highest BCUT2D eigenvalue weighted by molar-refractivity contribution is 9.11. The lowest BCUT2D eigenvalue weighted by Crippen LogP contribution is -2.40. The van der Waals surface area contributed by atoms with Crippen LogP contribution in [0.4, 0.5) is 0 Å². The summed E-state index contributed by atoms with van der Waals surface area (Å²) in [6.45, 7) is 16.2. The van der Waals surface area contributed by atoms with Crippen molar-refractivity contribution >= 4 is 24.2 Å². The molecular weight excluding hydrogens is 296 g/mol. The van der Waals surface area contributed by atoms with Gasteiger partial charge in [0.15, 0.2) is 8.32 Å². The molecule has 0 rings (SSSR count). The molecule has 0 fully saturated rings. The Balaban J connectivity index is 3.84. The Bertz CT molecular complexity index is 308. The predicted octanol–water partition coefficient (Wildman–Crippen LogP) is 3.94. The second kappa shape index (κ2) is 7.37. The molecule has 0 aliphatic rings. The van der Waals surface area contributed by atoms with Crippen molar-refractivity contribution in [3.8, 4) is 11.8 Å². The molecule has 0 radical (unpaired) electrons. The van der Waals surface area contributed by atoms with Crippen LogP contribution in [-0.4, -0.2) is 28.1 Å². The number of rotatable bonds is 5. The van der Waals surface area contributed by atoms with E-state index in [0.29, 0.717) is 19.8 Å². The molecule has 2 nitrogen and oxygen atoms in total. The minimum atomic E-state index is -1.66. The van der Waals surface area contributed by atoms with Gasteiger partial charge in [0.1, 0.15) is 6.61 Å². The van der Waals surface area contributed by atoms with Gasteiger partial charge in [-0.15, -0.1) is 0 Å². The van der Waals surface area contributed by atoms with Crippen LogP contribution in [0.1, 0.15) is 20.8 Å². The zero-order chi connectivity index (χ0) is 13.5. The zero-order valence-electron chi connectivity index (χ0n) is 11.5. The van der Waals surface area contributed by atoms with Crippen LogP contribution in [0.5, 0.6) is 0 Å². The molecule has 98 valence electrons. The Morgan fingerprint density at radius 2 is 1.76 bits per heavy atom. The highest BCUT2D eigenvalue weighted by Gasteiger charge is 2.36. The number of hydrogen-bond donors (Lipinski definition) is 0. The lowest BCUT2D eigenvalue weighted by molar-refractivity contribution is 0.197. The second-order valence-electron chi connectivity index (χ2n) is 5.41. The summed E-state index contributed by atoms with van der Waals surface area (Å²) in [5.41, 5.74) is 0. The highest BCUT2D eigenvalue weighted by Crippen LogP contribution is 2.36. The molecule has 0 aromatic heterocycles. The van der Waals surface area contributed by atoms with E-state index in [0.717, 1.165) is 4.48 Å². The first-order chi connectivity index (χ1) is 7.67. The average molecular weight is 319 g/mol. The minimum Gasteiger partial charge on any atom is -0.406 e. The average Bonchev–Trinajstić information content (AvgIpc) is 2.13. The molecule has 0 aliphatic heterocycles. The van der Waals surface area contributed by atoms with Gasteiger partial charge in [0.05, 0.1) is 13.2 Å². The first-order valence-corrected chi connectivity index (χ1v) is 9.37. The smallest absolute Gasteiger partial charge is 0.193 e. The molecule has 0 unspecified atom stereocenters. The summed E-state index contributed by atoms with van der Waals surface area (Å²) >= 11 is 3.22. The van der Waals surface area contributed by atoms with E-state index < -0.39 is 8.32 Å². The van der Waals surface area contributed by atoms with Gasteiger partial charge in [-0.05, 0) is 18.1 Å². The van der Waals surface area contributed by atoms with E-state index in [-0.39, 0.29) is 5.04 Å². The molecule has 0 saturated carbocycles. The van der Waals surface area contributed by atoms with Gasteiger partial charge < -0.3 is 9.16 Å². The van der Waals surface area contributed by atoms with Crippen molar-refractivity contribution in [1.29, 1.82) is 0 Å². The van der Waals surface area contributed by atoms with E-state index in [9.17, 15) is 0 Å². The highest BCUT2D eigenvalue weighted by atomic mass is 79.9. The molecule has 0 aliphatic carbocycles. The summed E-state index contributed by atoms with van der Waals surface area (Å²) in [5, 5.41) is 0.235. The van der Waals surface area contributed by atoms with Gasteiger partial charge in [-0.2, -0.15) is 0 Å². The molecule has 0 aromatic carbocycles. The second-order valence-corrected chi connectivity index (χ2v) is 11.3. The Morgan fingerprint density at radius 3 is 2.24 bits per heavy atom. The van der Waals surface area contributed by atoms with Crippen molar-refractivity contribution in [2.75, 3.05) is 19.8 Å². The Morgan fingerprint density at radius 1 is 1.24 bits per heavy atom. The molecule has 0 heterocycles. The SMILES string of the molecule is C=C(Br)COCC#CCO[Si](C)(C)C(C)(C)C. The summed E-state index contributed by atoms with van der Waals surface area (Å²) in [6.07, 6.45) is 0. The Labute approximate surface area is 115 Å². The van der Waals surface area contributed by atoms with Gasteiger partial charge in [0.2, 0.25) is 0 Å². The van der Waals surface area contributed by atoms with Gasteiger partial charge in [-0.1, -0.05) is 55.1 Å². The number of halogens is 1. The summed E-state index contributed by atoms with van der Waals surface area (Å²) < 4.78 is 12.0. The van der Waals surface area contributed by atoms with Crippen LogP contribution >= 0.6 is 15.9 Å². The lowest BCUT2D eigenvalue weighted by Gasteiger charge is -2.35. The maximum Gasteiger partial charge on any atom is 0.193 e. The fourth-order valence-corrected chi connectivity index (χ4v) is 1.78. The van der Waals surface area contributed by atoms with Crippen LogP contribution in [0.3, 0.4) is 0 Å². The first kappa shape index (κ1) is 16.9. The minimum absolute atomic E-state index is 0.235. The van der Waals surface area contributed by atoms with Gasteiger partial charge in [-0.25, -0.2) is 0 Å². The maximum atomic E-state index is 5.90. The molecule has 0 bridgehead atoms. The van der Waals surface area contributed by atoms with E-state index in [1.807, 2.05) is 0 Å².